The average Bonchev–Trinajstić information content (AvgIpc) is 2.25. The highest BCUT2D eigenvalue weighted by atomic mass is 32.2. The third kappa shape index (κ3) is 5.20. The van der Waals surface area contributed by atoms with Crippen molar-refractivity contribution in [3.05, 3.63) is 0 Å². The summed E-state index contributed by atoms with van der Waals surface area (Å²) in [5, 5.41) is 3.34. The van der Waals surface area contributed by atoms with Gasteiger partial charge in [0.15, 0.2) is 9.84 Å². The molecular formula is C15H32N2O3S. The molecule has 0 radical (unpaired) electrons. The van der Waals surface area contributed by atoms with Crippen LogP contribution in [0, 0.1) is 0 Å². The third-order valence-electron chi connectivity index (χ3n) is 4.39. The lowest BCUT2D eigenvalue weighted by molar-refractivity contribution is -0.0952. The summed E-state index contributed by atoms with van der Waals surface area (Å²) in [4.78, 5) is 2.42. The zero-order valence-electron chi connectivity index (χ0n) is 14.6. The Morgan fingerprint density at radius 2 is 1.57 bits per heavy atom. The predicted molar refractivity (Wildman–Crippen MR) is 87.5 cm³/mol. The molecule has 0 aromatic rings. The van der Waals surface area contributed by atoms with Gasteiger partial charge in [0.2, 0.25) is 0 Å². The molecule has 0 spiro atoms. The number of sulfone groups is 1. The van der Waals surface area contributed by atoms with E-state index in [2.05, 4.69) is 37.9 Å². The smallest absolute Gasteiger partial charge is 0.153 e. The van der Waals surface area contributed by atoms with Crippen LogP contribution in [0.15, 0.2) is 0 Å². The van der Waals surface area contributed by atoms with Gasteiger partial charge in [-0.3, -0.25) is 4.90 Å². The quantitative estimate of drug-likeness (QED) is 0.799. The standard InChI is InChI=1S/C15H32N2O3S/c1-12-8-17(9-13(2)20-12)14(3,4)10-16-11-15(5,6)21(7,18)19/h12-13,16H,8-11H2,1-7H3/t12-,13-/m0/s1. The molecule has 5 nitrogen and oxygen atoms in total. The molecule has 126 valence electrons. The van der Waals surface area contributed by atoms with Gasteiger partial charge in [0.25, 0.3) is 0 Å². The maximum atomic E-state index is 11.7. The van der Waals surface area contributed by atoms with Gasteiger partial charge in [-0.25, -0.2) is 8.42 Å². The lowest BCUT2D eigenvalue weighted by Gasteiger charge is -2.45. The van der Waals surface area contributed by atoms with Crippen molar-refractivity contribution >= 4 is 9.84 Å². The lowest BCUT2D eigenvalue weighted by atomic mass is 9.99. The highest BCUT2D eigenvalue weighted by Gasteiger charge is 2.34. The topological polar surface area (TPSA) is 58.6 Å². The van der Waals surface area contributed by atoms with Crippen molar-refractivity contribution in [1.82, 2.24) is 10.2 Å². The van der Waals surface area contributed by atoms with Gasteiger partial charge in [-0.2, -0.15) is 0 Å². The average molecular weight is 320 g/mol. The van der Waals surface area contributed by atoms with Crippen LogP contribution in [0.4, 0.5) is 0 Å². The Morgan fingerprint density at radius 1 is 1.10 bits per heavy atom. The molecule has 0 aliphatic carbocycles. The fourth-order valence-corrected chi connectivity index (χ4v) is 2.95. The first-order valence-corrected chi connectivity index (χ1v) is 9.55. The largest absolute Gasteiger partial charge is 0.373 e. The summed E-state index contributed by atoms with van der Waals surface area (Å²) in [6.45, 7) is 15.1. The zero-order chi connectivity index (χ0) is 16.5. The van der Waals surface area contributed by atoms with Crippen LogP contribution < -0.4 is 5.32 Å². The van der Waals surface area contributed by atoms with Crippen LogP contribution in [0.2, 0.25) is 0 Å². The van der Waals surface area contributed by atoms with E-state index < -0.39 is 14.6 Å². The highest BCUT2D eigenvalue weighted by Crippen LogP contribution is 2.21. The molecule has 0 amide bonds. The van der Waals surface area contributed by atoms with E-state index in [0.29, 0.717) is 6.54 Å². The highest BCUT2D eigenvalue weighted by molar-refractivity contribution is 7.92. The predicted octanol–water partition coefficient (Wildman–Crippen LogP) is 1.29. The van der Waals surface area contributed by atoms with Gasteiger partial charge in [-0.05, 0) is 41.5 Å². The summed E-state index contributed by atoms with van der Waals surface area (Å²) < 4.78 is 28.5. The summed E-state index contributed by atoms with van der Waals surface area (Å²) >= 11 is 0. The van der Waals surface area contributed by atoms with E-state index in [9.17, 15) is 8.42 Å². The lowest BCUT2D eigenvalue weighted by Crippen LogP contribution is -2.59. The first-order chi connectivity index (χ1) is 9.35. The number of nitrogens with one attached hydrogen (secondary N) is 1. The summed E-state index contributed by atoms with van der Waals surface area (Å²) in [5.74, 6) is 0. The minimum atomic E-state index is -3.06. The molecule has 1 N–H and O–H groups in total. The van der Waals surface area contributed by atoms with Gasteiger partial charge in [-0.15, -0.1) is 0 Å². The maximum Gasteiger partial charge on any atom is 0.153 e. The normalized spacial score (nSPS) is 26.0. The molecule has 1 aliphatic heterocycles. The van der Waals surface area contributed by atoms with Crippen LogP contribution in [-0.4, -0.2) is 68.2 Å². The van der Waals surface area contributed by atoms with Gasteiger partial charge >= 0.3 is 0 Å². The number of hydrogen-bond donors (Lipinski definition) is 1. The molecular weight excluding hydrogens is 288 g/mol. The Morgan fingerprint density at radius 3 is 2.00 bits per heavy atom. The molecule has 0 saturated carbocycles. The monoisotopic (exact) mass is 320 g/mol. The fourth-order valence-electron chi connectivity index (χ4n) is 2.58. The van der Waals surface area contributed by atoms with E-state index in [1.165, 1.54) is 6.26 Å². The molecule has 0 unspecified atom stereocenters. The second-order valence-electron chi connectivity index (χ2n) is 7.61. The van der Waals surface area contributed by atoms with Crippen LogP contribution in [0.5, 0.6) is 0 Å². The van der Waals surface area contributed by atoms with Gasteiger partial charge in [0, 0.05) is 38.0 Å². The van der Waals surface area contributed by atoms with Crippen molar-refractivity contribution in [2.75, 3.05) is 32.4 Å². The molecule has 1 saturated heterocycles. The van der Waals surface area contributed by atoms with E-state index in [1.54, 1.807) is 13.8 Å². The number of hydrogen-bond acceptors (Lipinski definition) is 5. The zero-order valence-corrected chi connectivity index (χ0v) is 15.4. The van der Waals surface area contributed by atoms with Gasteiger partial charge in [-0.1, -0.05) is 0 Å². The third-order valence-corrected chi connectivity index (χ3v) is 6.54. The van der Waals surface area contributed by atoms with Crippen molar-refractivity contribution in [3.8, 4) is 0 Å². The Kier molecular flexibility index (Phi) is 5.86. The SMILES string of the molecule is C[C@H]1CN(C(C)(C)CNCC(C)(C)S(C)(=O)=O)C[C@H](C)O1. The summed E-state index contributed by atoms with van der Waals surface area (Å²) in [6, 6.07) is 0. The summed E-state index contributed by atoms with van der Waals surface area (Å²) in [5.41, 5.74) is -0.0279. The fraction of sp³-hybridized carbons (Fsp3) is 1.00. The van der Waals surface area contributed by atoms with E-state index >= 15 is 0 Å². The molecule has 1 fully saturated rings. The van der Waals surface area contributed by atoms with Crippen molar-refractivity contribution in [1.29, 1.82) is 0 Å². The molecule has 2 atom stereocenters. The second-order valence-corrected chi connectivity index (χ2v) is 10.3. The molecule has 21 heavy (non-hydrogen) atoms. The Hall–Kier alpha value is -0.170. The molecule has 1 heterocycles. The van der Waals surface area contributed by atoms with Gasteiger partial charge in [0.05, 0.1) is 17.0 Å². The molecule has 1 rings (SSSR count). The van der Waals surface area contributed by atoms with Crippen LogP contribution in [0.3, 0.4) is 0 Å². The Labute approximate surface area is 130 Å². The van der Waals surface area contributed by atoms with Crippen molar-refractivity contribution in [2.24, 2.45) is 0 Å². The Balaban J connectivity index is 2.57. The van der Waals surface area contributed by atoms with E-state index in [4.69, 9.17) is 4.74 Å². The van der Waals surface area contributed by atoms with Crippen molar-refractivity contribution in [2.45, 2.75) is 64.0 Å². The first-order valence-electron chi connectivity index (χ1n) is 7.66. The molecule has 6 heteroatoms. The van der Waals surface area contributed by atoms with E-state index in [0.717, 1.165) is 19.6 Å². The van der Waals surface area contributed by atoms with Crippen molar-refractivity contribution < 1.29 is 13.2 Å². The molecule has 0 aromatic carbocycles. The van der Waals surface area contributed by atoms with E-state index in [-0.39, 0.29) is 17.7 Å². The maximum absolute atomic E-state index is 11.7. The van der Waals surface area contributed by atoms with Crippen LogP contribution in [-0.2, 0) is 14.6 Å². The van der Waals surface area contributed by atoms with Gasteiger partial charge < -0.3 is 10.1 Å². The summed E-state index contributed by atoms with van der Waals surface area (Å²) in [7, 11) is -3.06. The number of ether oxygens (including phenoxy) is 1. The molecule has 0 bridgehead atoms. The van der Waals surface area contributed by atoms with Crippen LogP contribution in [0.1, 0.15) is 41.5 Å². The van der Waals surface area contributed by atoms with Crippen LogP contribution >= 0.6 is 0 Å². The number of nitrogens with zero attached hydrogens (tertiary/aromatic N) is 1. The number of rotatable bonds is 6. The Bertz CT molecular complexity index is 436. The van der Waals surface area contributed by atoms with Crippen LogP contribution in [0.25, 0.3) is 0 Å². The van der Waals surface area contributed by atoms with Gasteiger partial charge in [0.1, 0.15) is 0 Å². The molecule has 0 aromatic heterocycles. The summed E-state index contributed by atoms with van der Waals surface area (Å²) in [6.07, 6.45) is 1.77. The molecule has 1 aliphatic rings. The first kappa shape index (κ1) is 18.9. The minimum absolute atomic E-state index is 0.0279. The minimum Gasteiger partial charge on any atom is -0.373 e. The van der Waals surface area contributed by atoms with E-state index in [1.807, 2.05) is 0 Å². The van der Waals surface area contributed by atoms with Crippen molar-refractivity contribution in [3.63, 3.8) is 0 Å². The number of morpholine rings is 1. The second kappa shape index (κ2) is 6.52.